The zero-order valence-electron chi connectivity index (χ0n) is 12.9. The molecule has 0 bridgehead atoms. The molecule has 0 fully saturated rings. The lowest BCUT2D eigenvalue weighted by Gasteiger charge is -2.13. The lowest BCUT2D eigenvalue weighted by molar-refractivity contribution is -0.139. The Kier molecular flexibility index (Phi) is 6.76. The van der Waals surface area contributed by atoms with Crippen molar-refractivity contribution in [1.29, 1.82) is 0 Å². The molecule has 122 valence electrons. The number of aliphatic carboxylic acids is 1. The second kappa shape index (κ2) is 8.58. The molecule has 2 N–H and O–H groups in total. The molecule has 0 unspecified atom stereocenters. The van der Waals surface area contributed by atoms with Gasteiger partial charge >= 0.3 is 5.97 Å². The first-order valence-corrected chi connectivity index (χ1v) is 9.97. The van der Waals surface area contributed by atoms with Gasteiger partial charge in [0.2, 0.25) is 0 Å². The molecule has 1 heterocycles. The molecule has 0 saturated heterocycles. The van der Waals surface area contributed by atoms with Crippen molar-refractivity contribution < 1.29 is 14.7 Å². The van der Waals surface area contributed by atoms with Gasteiger partial charge in [-0.3, -0.25) is 4.79 Å². The Balaban J connectivity index is 2.05. The highest BCUT2D eigenvalue weighted by Crippen LogP contribution is 2.28. The summed E-state index contributed by atoms with van der Waals surface area (Å²) in [5, 5.41) is 11.9. The van der Waals surface area contributed by atoms with Crippen LogP contribution in [0, 0.1) is 0 Å². The molecule has 1 atom stereocenters. The van der Waals surface area contributed by atoms with Crippen molar-refractivity contribution in [2.45, 2.75) is 51.0 Å². The van der Waals surface area contributed by atoms with Gasteiger partial charge in [-0.1, -0.05) is 12.8 Å². The molecule has 1 aliphatic carbocycles. The molecule has 0 aliphatic heterocycles. The van der Waals surface area contributed by atoms with Gasteiger partial charge in [-0.2, -0.15) is 11.8 Å². The number of carboxylic acids is 1. The number of hydrogen-bond donors (Lipinski definition) is 2. The van der Waals surface area contributed by atoms with Crippen molar-refractivity contribution in [3.63, 3.8) is 0 Å². The van der Waals surface area contributed by atoms with Gasteiger partial charge in [0.15, 0.2) is 0 Å². The number of thiophene rings is 1. The molecule has 1 aliphatic rings. The van der Waals surface area contributed by atoms with Gasteiger partial charge in [-0.25, -0.2) is 4.79 Å². The Morgan fingerprint density at radius 2 is 2.05 bits per heavy atom. The summed E-state index contributed by atoms with van der Waals surface area (Å²) in [6, 6.07) is 1.17. The molecular weight excluding hydrogens is 318 g/mol. The fraction of sp³-hybridized carbons (Fsp3) is 0.625. The number of thioether (sulfide) groups is 1. The Hall–Kier alpha value is -1.01. The second-order valence-electron chi connectivity index (χ2n) is 5.62. The zero-order chi connectivity index (χ0) is 15.9. The third-order valence-corrected chi connectivity index (χ3v) is 5.81. The summed E-state index contributed by atoms with van der Waals surface area (Å²) in [6.07, 6.45) is 9.33. The van der Waals surface area contributed by atoms with Crippen LogP contribution in [0.1, 0.15) is 52.2 Å². The van der Waals surface area contributed by atoms with Crippen molar-refractivity contribution in [2.75, 3.05) is 12.0 Å². The number of carbonyl (C=O) groups excluding carboxylic acids is 1. The van der Waals surface area contributed by atoms with Gasteiger partial charge in [0.05, 0.1) is 4.88 Å². The van der Waals surface area contributed by atoms with Gasteiger partial charge < -0.3 is 10.4 Å². The lowest BCUT2D eigenvalue weighted by atomic mass is 10.00. The minimum Gasteiger partial charge on any atom is -0.480 e. The minimum absolute atomic E-state index is 0.245. The first kappa shape index (κ1) is 17.3. The van der Waals surface area contributed by atoms with Crippen LogP contribution in [0.4, 0.5) is 0 Å². The van der Waals surface area contributed by atoms with Crippen LogP contribution in [-0.4, -0.2) is 35.0 Å². The van der Waals surface area contributed by atoms with E-state index in [1.165, 1.54) is 47.5 Å². The molecule has 6 heteroatoms. The number of carbonyl (C=O) groups is 2. The topological polar surface area (TPSA) is 66.4 Å². The van der Waals surface area contributed by atoms with Gasteiger partial charge in [0.1, 0.15) is 6.04 Å². The van der Waals surface area contributed by atoms with E-state index in [0.29, 0.717) is 11.3 Å². The van der Waals surface area contributed by atoms with E-state index in [1.807, 2.05) is 12.3 Å². The Morgan fingerprint density at radius 3 is 2.73 bits per heavy atom. The van der Waals surface area contributed by atoms with Crippen LogP contribution in [0.25, 0.3) is 0 Å². The molecule has 2 rings (SSSR count). The van der Waals surface area contributed by atoms with Gasteiger partial charge in [0.25, 0.3) is 5.91 Å². The van der Waals surface area contributed by atoms with E-state index < -0.39 is 12.0 Å². The summed E-state index contributed by atoms with van der Waals surface area (Å²) in [7, 11) is 0. The SMILES string of the molecule is CSCC[C@@H](NC(=O)c1cc2c(s1)CCCCCC2)C(=O)O. The highest BCUT2D eigenvalue weighted by molar-refractivity contribution is 7.98. The van der Waals surface area contributed by atoms with Crippen molar-refractivity contribution >= 4 is 35.0 Å². The number of rotatable bonds is 6. The maximum Gasteiger partial charge on any atom is 0.326 e. The predicted octanol–water partition coefficient (Wildman–Crippen LogP) is 3.34. The van der Waals surface area contributed by atoms with Crippen molar-refractivity contribution in [3.8, 4) is 0 Å². The standard InChI is InChI=1S/C16H23NO3S2/c1-21-9-8-12(16(19)20)17-15(18)14-10-11-6-4-2-3-5-7-13(11)22-14/h10,12H,2-9H2,1H3,(H,17,18)(H,19,20)/t12-/m1/s1. The van der Waals surface area contributed by atoms with Crippen LogP contribution < -0.4 is 5.32 Å². The number of nitrogens with one attached hydrogen (secondary N) is 1. The highest BCUT2D eigenvalue weighted by Gasteiger charge is 2.22. The van der Waals surface area contributed by atoms with Crippen molar-refractivity contribution in [2.24, 2.45) is 0 Å². The quantitative estimate of drug-likeness (QED) is 0.833. The number of fused-ring (bicyclic) bond motifs is 1. The van der Waals surface area contributed by atoms with Crippen molar-refractivity contribution in [3.05, 3.63) is 21.4 Å². The molecular formula is C16H23NO3S2. The number of aryl methyl sites for hydroxylation is 2. The van der Waals surface area contributed by atoms with E-state index in [0.717, 1.165) is 18.6 Å². The summed E-state index contributed by atoms with van der Waals surface area (Å²) in [5.41, 5.74) is 1.28. The number of hydrogen-bond acceptors (Lipinski definition) is 4. The molecule has 1 aromatic heterocycles. The van der Waals surface area contributed by atoms with E-state index in [2.05, 4.69) is 5.32 Å². The molecule has 0 spiro atoms. The molecule has 22 heavy (non-hydrogen) atoms. The Bertz CT molecular complexity index is 502. The van der Waals surface area contributed by atoms with Crippen molar-refractivity contribution in [1.82, 2.24) is 5.32 Å². The van der Waals surface area contributed by atoms with Crippen LogP contribution >= 0.6 is 23.1 Å². The smallest absolute Gasteiger partial charge is 0.326 e. The van der Waals surface area contributed by atoms with Crippen LogP contribution in [0.2, 0.25) is 0 Å². The lowest BCUT2D eigenvalue weighted by Crippen LogP contribution is -2.40. The predicted molar refractivity (Wildman–Crippen MR) is 92.1 cm³/mol. The monoisotopic (exact) mass is 341 g/mol. The Labute approximate surface area is 139 Å². The molecule has 0 radical (unpaired) electrons. The maximum atomic E-state index is 12.3. The minimum atomic E-state index is -0.961. The van der Waals surface area contributed by atoms with Crippen LogP contribution in [-0.2, 0) is 17.6 Å². The van der Waals surface area contributed by atoms with Gasteiger partial charge in [-0.05, 0) is 55.7 Å². The summed E-state index contributed by atoms with van der Waals surface area (Å²) < 4.78 is 0. The molecule has 4 nitrogen and oxygen atoms in total. The largest absolute Gasteiger partial charge is 0.480 e. The molecule has 0 saturated carbocycles. The summed E-state index contributed by atoms with van der Waals surface area (Å²) >= 11 is 3.12. The summed E-state index contributed by atoms with van der Waals surface area (Å²) in [6.45, 7) is 0. The number of amides is 1. The molecule has 0 aromatic carbocycles. The third kappa shape index (κ3) is 4.74. The van der Waals surface area contributed by atoms with E-state index in [9.17, 15) is 14.7 Å². The number of carboxylic acid groups (broad SMARTS) is 1. The zero-order valence-corrected chi connectivity index (χ0v) is 14.5. The normalized spacial score (nSPS) is 16.2. The van der Waals surface area contributed by atoms with Gasteiger partial charge in [-0.15, -0.1) is 11.3 Å². The van der Waals surface area contributed by atoms with E-state index in [-0.39, 0.29) is 5.91 Å². The van der Waals surface area contributed by atoms with Crippen LogP contribution in [0.5, 0.6) is 0 Å². The van der Waals surface area contributed by atoms with E-state index >= 15 is 0 Å². The average molecular weight is 341 g/mol. The average Bonchev–Trinajstić information content (AvgIpc) is 2.85. The first-order chi connectivity index (χ1) is 10.6. The second-order valence-corrected chi connectivity index (χ2v) is 7.74. The first-order valence-electron chi connectivity index (χ1n) is 7.76. The summed E-state index contributed by atoms with van der Waals surface area (Å²) in [4.78, 5) is 25.5. The van der Waals surface area contributed by atoms with E-state index in [4.69, 9.17) is 0 Å². The Morgan fingerprint density at radius 1 is 1.32 bits per heavy atom. The fourth-order valence-electron chi connectivity index (χ4n) is 2.68. The highest BCUT2D eigenvalue weighted by atomic mass is 32.2. The van der Waals surface area contributed by atoms with E-state index in [1.54, 1.807) is 11.8 Å². The molecule has 1 aromatic rings. The van der Waals surface area contributed by atoms with Crippen LogP contribution in [0.3, 0.4) is 0 Å². The summed E-state index contributed by atoms with van der Waals surface area (Å²) in [5.74, 6) is -0.486. The van der Waals surface area contributed by atoms with Gasteiger partial charge in [0, 0.05) is 4.88 Å². The third-order valence-electron chi connectivity index (χ3n) is 3.93. The van der Waals surface area contributed by atoms with Crippen LogP contribution in [0.15, 0.2) is 6.07 Å². The molecule has 1 amide bonds. The fourth-order valence-corrected chi connectivity index (χ4v) is 4.31. The maximum absolute atomic E-state index is 12.3.